The van der Waals surface area contributed by atoms with E-state index in [1.807, 2.05) is 37.3 Å². The lowest BCUT2D eigenvalue weighted by molar-refractivity contribution is 0.125. The SMILES string of the molecule is CCNC(=NCc1ccc(S(C)(=O)=O)c(C)c1)NCCOCc1cccc(Cl)c1. The molecule has 0 saturated carbocycles. The van der Waals surface area contributed by atoms with Crippen LogP contribution in [0.5, 0.6) is 0 Å². The molecule has 0 atom stereocenters. The lowest BCUT2D eigenvalue weighted by atomic mass is 10.1. The number of rotatable bonds is 9. The van der Waals surface area contributed by atoms with Gasteiger partial charge in [0.1, 0.15) is 0 Å². The predicted octanol–water partition coefficient (Wildman–Crippen LogP) is 3.32. The van der Waals surface area contributed by atoms with E-state index in [2.05, 4.69) is 15.6 Å². The molecule has 2 aromatic rings. The van der Waals surface area contributed by atoms with Crippen LogP contribution in [0.3, 0.4) is 0 Å². The van der Waals surface area contributed by atoms with E-state index in [1.54, 1.807) is 19.1 Å². The van der Waals surface area contributed by atoms with Crippen LogP contribution in [-0.2, 0) is 27.7 Å². The molecule has 0 heterocycles. The van der Waals surface area contributed by atoms with Crippen LogP contribution in [0, 0.1) is 6.92 Å². The largest absolute Gasteiger partial charge is 0.375 e. The smallest absolute Gasteiger partial charge is 0.191 e. The molecular weight excluding hydrogens is 410 g/mol. The molecule has 29 heavy (non-hydrogen) atoms. The van der Waals surface area contributed by atoms with Crippen LogP contribution in [0.2, 0.25) is 5.02 Å². The van der Waals surface area contributed by atoms with Gasteiger partial charge in [0.2, 0.25) is 0 Å². The molecule has 0 aliphatic carbocycles. The number of benzene rings is 2. The molecule has 2 aromatic carbocycles. The van der Waals surface area contributed by atoms with Crippen molar-refractivity contribution in [2.45, 2.75) is 31.9 Å². The highest BCUT2D eigenvalue weighted by molar-refractivity contribution is 7.90. The predicted molar refractivity (Wildman–Crippen MR) is 118 cm³/mol. The molecule has 0 fully saturated rings. The second kappa shape index (κ2) is 11.2. The molecule has 158 valence electrons. The maximum absolute atomic E-state index is 11.7. The fourth-order valence-corrected chi connectivity index (χ4v) is 3.97. The Hall–Kier alpha value is -2.09. The summed E-state index contributed by atoms with van der Waals surface area (Å²) in [6, 6.07) is 12.9. The van der Waals surface area contributed by atoms with E-state index >= 15 is 0 Å². The Bertz CT molecular complexity index is 946. The minimum Gasteiger partial charge on any atom is -0.375 e. The fourth-order valence-electron chi connectivity index (χ4n) is 2.80. The normalized spacial score (nSPS) is 12.1. The van der Waals surface area contributed by atoms with Crippen LogP contribution >= 0.6 is 11.6 Å². The van der Waals surface area contributed by atoms with Gasteiger partial charge < -0.3 is 15.4 Å². The molecule has 6 nitrogen and oxygen atoms in total. The van der Waals surface area contributed by atoms with Crippen molar-refractivity contribution in [3.63, 3.8) is 0 Å². The molecule has 0 saturated heterocycles. The first-order valence-corrected chi connectivity index (χ1v) is 11.7. The highest BCUT2D eigenvalue weighted by Crippen LogP contribution is 2.17. The van der Waals surface area contributed by atoms with Gasteiger partial charge in [-0.1, -0.05) is 35.9 Å². The third-order valence-corrected chi connectivity index (χ3v) is 5.59. The average Bonchev–Trinajstić information content (AvgIpc) is 2.65. The van der Waals surface area contributed by atoms with Gasteiger partial charge in [0.05, 0.1) is 24.7 Å². The van der Waals surface area contributed by atoms with Crippen molar-refractivity contribution in [1.82, 2.24) is 10.6 Å². The van der Waals surface area contributed by atoms with Crippen molar-refractivity contribution in [3.05, 3.63) is 64.2 Å². The van der Waals surface area contributed by atoms with Crippen molar-refractivity contribution < 1.29 is 13.2 Å². The van der Waals surface area contributed by atoms with Crippen LogP contribution in [-0.4, -0.2) is 40.3 Å². The lowest BCUT2D eigenvalue weighted by Gasteiger charge is -2.12. The minimum absolute atomic E-state index is 0.354. The van der Waals surface area contributed by atoms with Gasteiger partial charge in [-0.25, -0.2) is 13.4 Å². The maximum Gasteiger partial charge on any atom is 0.191 e. The van der Waals surface area contributed by atoms with Crippen LogP contribution in [0.25, 0.3) is 0 Å². The Morgan fingerprint density at radius 3 is 2.59 bits per heavy atom. The number of halogens is 1. The van der Waals surface area contributed by atoms with Gasteiger partial charge in [-0.2, -0.15) is 0 Å². The summed E-state index contributed by atoms with van der Waals surface area (Å²) in [5.41, 5.74) is 2.71. The summed E-state index contributed by atoms with van der Waals surface area (Å²) in [5, 5.41) is 7.12. The maximum atomic E-state index is 11.7. The summed E-state index contributed by atoms with van der Waals surface area (Å²) < 4.78 is 29.1. The topological polar surface area (TPSA) is 79.8 Å². The Morgan fingerprint density at radius 1 is 1.14 bits per heavy atom. The van der Waals surface area contributed by atoms with Crippen LogP contribution in [0.4, 0.5) is 0 Å². The third kappa shape index (κ3) is 8.04. The highest BCUT2D eigenvalue weighted by atomic mass is 35.5. The number of ether oxygens (including phenoxy) is 1. The number of aliphatic imine (C=N–C) groups is 1. The van der Waals surface area contributed by atoms with E-state index in [1.165, 1.54) is 6.26 Å². The quantitative estimate of drug-likeness (QED) is 0.357. The van der Waals surface area contributed by atoms with Gasteiger partial charge >= 0.3 is 0 Å². The molecule has 0 amide bonds. The summed E-state index contributed by atoms with van der Waals surface area (Å²) in [6.45, 7) is 6.62. The van der Waals surface area contributed by atoms with E-state index in [4.69, 9.17) is 16.3 Å². The Kier molecular flexibility index (Phi) is 8.95. The second-order valence-electron chi connectivity index (χ2n) is 6.68. The molecule has 0 aromatic heterocycles. The van der Waals surface area contributed by atoms with Gasteiger partial charge in [-0.15, -0.1) is 0 Å². The Balaban J connectivity index is 1.85. The Labute approximate surface area is 178 Å². The second-order valence-corrected chi connectivity index (χ2v) is 9.10. The number of hydrogen-bond donors (Lipinski definition) is 2. The third-order valence-electron chi connectivity index (χ3n) is 4.10. The van der Waals surface area contributed by atoms with E-state index < -0.39 is 9.84 Å². The van der Waals surface area contributed by atoms with Crippen LogP contribution in [0.1, 0.15) is 23.6 Å². The summed E-state index contributed by atoms with van der Waals surface area (Å²) in [7, 11) is -3.21. The van der Waals surface area contributed by atoms with Gasteiger partial charge in [0, 0.05) is 24.4 Å². The number of hydrogen-bond acceptors (Lipinski definition) is 4. The van der Waals surface area contributed by atoms with E-state index in [0.29, 0.717) is 42.2 Å². The molecule has 2 rings (SSSR count). The molecule has 0 spiro atoms. The van der Waals surface area contributed by atoms with Crippen molar-refractivity contribution in [2.24, 2.45) is 4.99 Å². The summed E-state index contributed by atoms with van der Waals surface area (Å²) >= 11 is 5.97. The van der Waals surface area contributed by atoms with E-state index in [0.717, 1.165) is 23.2 Å². The monoisotopic (exact) mass is 437 g/mol. The first-order chi connectivity index (χ1) is 13.8. The molecule has 0 unspecified atom stereocenters. The van der Waals surface area contributed by atoms with Crippen molar-refractivity contribution >= 4 is 27.4 Å². The van der Waals surface area contributed by atoms with Crippen molar-refractivity contribution in [3.8, 4) is 0 Å². The number of nitrogens with one attached hydrogen (secondary N) is 2. The molecular formula is C21H28ClN3O3S. The van der Waals surface area contributed by atoms with Crippen LogP contribution in [0.15, 0.2) is 52.4 Å². The number of aryl methyl sites for hydroxylation is 1. The standard InChI is InChI=1S/C21H28ClN3O3S/c1-4-23-21(24-10-11-28-15-18-6-5-7-19(22)13-18)25-14-17-8-9-20(16(2)12-17)29(3,26)27/h5-9,12-13H,4,10-11,14-15H2,1-3H3,(H2,23,24,25). The van der Waals surface area contributed by atoms with Crippen molar-refractivity contribution in [2.75, 3.05) is 26.0 Å². The highest BCUT2D eigenvalue weighted by Gasteiger charge is 2.10. The molecule has 0 bridgehead atoms. The van der Waals surface area contributed by atoms with E-state index in [-0.39, 0.29) is 0 Å². The fraction of sp³-hybridized carbons (Fsp3) is 0.381. The number of guanidine groups is 1. The molecule has 0 aliphatic heterocycles. The van der Waals surface area contributed by atoms with Gasteiger partial charge in [-0.3, -0.25) is 0 Å². The first-order valence-electron chi connectivity index (χ1n) is 9.43. The van der Waals surface area contributed by atoms with Crippen molar-refractivity contribution in [1.29, 1.82) is 0 Å². The lowest BCUT2D eigenvalue weighted by Crippen LogP contribution is -2.38. The summed E-state index contributed by atoms with van der Waals surface area (Å²) in [5.74, 6) is 0.684. The number of sulfone groups is 1. The number of nitrogens with zero attached hydrogens (tertiary/aromatic N) is 1. The molecule has 0 radical (unpaired) electrons. The summed E-state index contributed by atoms with van der Waals surface area (Å²) in [4.78, 5) is 4.91. The molecule has 0 aliphatic rings. The first kappa shape index (κ1) is 23.2. The van der Waals surface area contributed by atoms with Crippen LogP contribution < -0.4 is 10.6 Å². The zero-order valence-corrected chi connectivity index (χ0v) is 18.6. The molecule has 8 heteroatoms. The summed E-state index contributed by atoms with van der Waals surface area (Å²) in [6.07, 6.45) is 1.22. The zero-order chi connectivity index (χ0) is 21.3. The van der Waals surface area contributed by atoms with Gasteiger partial charge in [-0.05, 0) is 48.7 Å². The van der Waals surface area contributed by atoms with E-state index in [9.17, 15) is 8.42 Å². The molecule has 2 N–H and O–H groups in total. The average molecular weight is 438 g/mol. The van der Waals surface area contributed by atoms with Gasteiger partial charge in [0.15, 0.2) is 15.8 Å². The minimum atomic E-state index is -3.21. The Morgan fingerprint density at radius 2 is 1.93 bits per heavy atom. The van der Waals surface area contributed by atoms with Gasteiger partial charge in [0.25, 0.3) is 0 Å². The zero-order valence-electron chi connectivity index (χ0n) is 17.0.